The third-order valence-electron chi connectivity index (χ3n) is 3.82. The SMILES string of the molecule is O=C1Nc2cccc(Cl)c2S(=O)(=O)C12CCCC2. The number of carbonyl (C=O) groups excluding carboxylic acids is 1. The molecular formula is C12H12ClNO3S. The van der Waals surface area contributed by atoms with Crippen molar-refractivity contribution in [1.82, 2.24) is 0 Å². The standard InChI is InChI=1S/C12H12ClNO3S/c13-8-4-3-5-9-10(8)18(16,17)12(11(15)14-9)6-1-2-7-12/h3-5H,1-2,6-7H2,(H,14,15). The number of hydrogen-bond donors (Lipinski definition) is 1. The average Bonchev–Trinajstić information content (AvgIpc) is 2.77. The van der Waals surface area contributed by atoms with Crippen LogP contribution in [0.2, 0.25) is 5.02 Å². The van der Waals surface area contributed by atoms with Crippen molar-refractivity contribution in [2.45, 2.75) is 35.3 Å². The molecule has 96 valence electrons. The van der Waals surface area contributed by atoms with Crippen LogP contribution in [0.15, 0.2) is 23.1 Å². The lowest BCUT2D eigenvalue weighted by Crippen LogP contribution is -2.50. The monoisotopic (exact) mass is 285 g/mol. The molecule has 0 radical (unpaired) electrons. The Balaban J connectivity index is 2.32. The lowest BCUT2D eigenvalue weighted by Gasteiger charge is -2.33. The molecule has 1 spiro atoms. The molecule has 1 fully saturated rings. The van der Waals surface area contributed by atoms with E-state index in [0.29, 0.717) is 18.5 Å². The van der Waals surface area contributed by atoms with E-state index in [-0.39, 0.29) is 9.92 Å². The number of sulfone groups is 1. The molecule has 18 heavy (non-hydrogen) atoms. The summed E-state index contributed by atoms with van der Waals surface area (Å²) in [6.45, 7) is 0. The van der Waals surface area contributed by atoms with E-state index in [1.54, 1.807) is 12.1 Å². The molecule has 1 aromatic carbocycles. The Morgan fingerprint density at radius 3 is 2.56 bits per heavy atom. The Morgan fingerprint density at radius 1 is 1.22 bits per heavy atom. The number of nitrogens with one attached hydrogen (secondary N) is 1. The second-order valence-corrected chi connectivity index (χ2v) is 7.38. The van der Waals surface area contributed by atoms with E-state index in [4.69, 9.17) is 11.6 Å². The first-order chi connectivity index (χ1) is 8.49. The van der Waals surface area contributed by atoms with Gasteiger partial charge in [-0.3, -0.25) is 4.79 Å². The van der Waals surface area contributed by atoms with Gasteiger partial charge in [0.25, 0.3) is 0 Å². The molecule has 3 rings (SSSR count). The normalized spacial score (nSPS) is 23.7. The van der Waals surface area contributed by atoms with Gasteiger partial charge in [-0.1, -0.05) is 30.5 Å². The van der Waals surface area contributed by atoms with E-state index in [1.165, 1.54) is 6.07 Å². The van der Waals surface area contributed by atoms with Crippen LogP contribution >= 0.6 is 11.6 Å². The summed E-state index contributed by atoms with van der Waals surface area (Å²) in [7, 11) is -3.71. The zero-order valence-electron chi connectivity index (χ0n) is 9.57. The van der Waals surface area contributed by atoms with Crippen molar-refractivity contribution in [2.24, 2.45) is 0 Å². The van der Waals surface area contributed by atoms with Crippen LogP contribution < -0.4 is 5.32 Å². The highest BCUT2D eigenvalue weighted by atomic mass is 35.5. The van der Waals surface area contributed by atoms with E-state index in [0.717, 1.165) is 12.8 Å². The van der Waals surface area contributed by atoms with Crippen LogP contribution in [0.25, 0.3) is 0 Å². The van der Waals surface area contributed by atoms with Gasteiger partial charge in [0, 0.05) is 0 Å². The van der Waals surface area contributed by atoms with Gasteiger partial charge in [-0.2, -0.15) is 0 Å². The third kappa shape index (κ3) is 1.32. The quantitative estimate of drug-likeness (QED) is 0.796. The third-order valence-corrected chi connectivity index (χ3v) is 6.85. The predicted octanol–water partition coefficient (Wildman–Crippen LogP) is 2.38. The molecule has 0 atom stereocenters. The lowest BCUT2D eigenvalue weighted by molar-refractivity contribution is -0.118. The number of rotatable bonds is 0. The molecule has 0 aromatic heterocycles. The molecule has 1 aliphatic carbocycles. The average molecular weight is 286 g/mol. The van der Waals surface area contributed by atoms with Crippen molar-refractivity contribution in [3.05, 3.63) is 23.2 Å². The van der Waals surface area contributed by atoms with Crippen LogP contribution in [0.4, 0.5) is 5.69 Å². The van der Waals surface area contributed by atoms with Crippen LogP contribution in [-0.4, -0.2) is 19.1 Å². The fourth-order valence-electron chi connectivity index (χ4n) is 2.88. The van der Waals surface area contributed by atoms with Crippen LogP contribution in [0.3, 0.4) is 0 Å². The van der Waals surface area contributed by atoms with Gasteiger partial charge in [0.05, 0.1) is 10.7 Å². The highest BCUT2D eigenvalue weighted by Gasteiger charge is 2.56. The Kier molecular flexibility index (Phi) is 2.47. The molecule has 1 N–H and O–H groups in total. The number of hydrogen-bond acceptors (Lipinski definition) is 3. The van der Waals surface area contributed by atoms with E-state index < -0.39 is 20.5 Å². The fraction of sp³-hybridized carbons (Fsp3) is 0.417. The summed E-state index contributed by atoms with van der Waals surface area (Å²) in [6.07, 6.45) is 2.27. The Labute approximate surface area is 110 Å². The summed E-state index contributed by atoms with van der Waals surface area (Å²) in [5.41, 5.74) is 0.296. The van der Waals surface area contributed by atoms with Crippen molar-refractivity contribution in [3.63, 3.8) is 0 Å². The molecule has 1 aliphatic heterocycles. The van der Waals surface area contributed by atoms with Crippen LogP contribution in [0.5, 0.6) is 0 Å². The molecule has 1 amide bonds. The van der Waals surface area contributed by atoms with Crippen molar-refractivity contribution in [3.8, 4) is 0 Å². The number of amides is 1. The van der Waals surface area contributed by atoms with Crippen LogP contribution in [-0.2, 0) is 14.6 Å². The molecular weight excluding hydrogens is 274 g/mol. The molecule has 1 saturated carbocycles. The number of benzene rings is 1. The van der Waals surface area contributed by atoms with Gasteiger partial charge in [0.1, 0.15) is 4.90 Å². The maximum Gasteiger partial charge on any atom is 0.246 e. The number of anilines is 1. The Hall–Kier alpha value is -1.07. The van der Waals surface area contributed by atoms with Gasteiger partial charge in [0.15, 0.2) is 14.6 Å². The maximum absolute atomic E-state index is 12.7. The molecule has 0 unspecified atom stereocenters. The molecule has 0 bridgehead atoms. The zero-order chi connectivity index (χ0) is 13.0. The second kappa shape index (κ2) is 3.71. The van der Waals surface area contributed by atoms with E-state index in [1.807, 2.05) is 0 Å². The van der Waals surface area contributed by atoms with Gasteiger partial charge < -0.3 is 5.32 Å². The van der Waals surface area contributed by atoms with Crippen molar-refractivity contribution < 1.29 is 13.2 Å². The van der Waals surface area contributed by atoms with Gasteiger partial charge >= 0.3 is 0 Å². The summed E-state index contributed by atoms with van der Waals surface area (Å²) in [5.74, 6) is -0.408. The van der Waals surface area contributed by atoms with Crippen molar-refractivity contribution in [2.75, 3.05) is 5.32 Å². The zero-order valence-corrected chi connectivity index (χ0v) is 11.1. The molecule has 0 saturated heterocycles. The minimum absolute atomic E-state index is 0.0770. The smallest absolute Gasteiger partial charge is 0.246 e. The summed E-state index contributed by atoms with van der Waals surface area (Å²) < 4.78 is 24.1. The first-order valence-electron chi connectivity index (χ1n) is 5.84. The summed E-state index contributed by atoms with van der Waals surface area (Å²) in [4.78, 5) is 12.3. The molecule has 4 nitrogen and oxygen atoms in total. The first kappa shape index (κ1) is 12.0. The van der Waals surface area contributed by atoms with Gasteiger partial charge in [-0.15, -0.1) is 0 Å². The Bertz CT molecular complexity index is 633. The predicted molar refractivity (Wildman–Crippen MR) is 68.5 cm³/mol. The topological polar surface area (TPSA) is 63.2 Å². The summed E-state index contributed by atoms with van der Waals surface area (Å²) in [6, 6.07) is 4.74. The minimum Gasteiger partial charge on any atom is -0.323 e. The van der Waals surface area contributed by atoms with E-state index in [2.05, 4.69) is 5.32 Å². The number of halogens is 1. The molecule has 6 heteroatoms. The van der Waals surface area contributed by atoms with Crippen LogP contribution in [0.1, 0.15) is 25.7 Å². The fourth-order valence-corrected chi connectivity index (χ4v) is 5.60. The van der Waals surface area contributed by atoms with Gasteiger partial charge in [-0.25, -0.2) is 8.42 Å². The molecule has 1 heterocycles. The van der Waals surface area contributed by atoms with Crippen molar-refractivity contribution in [1.29, 1.82) is 0 Å². The molecule has 2 aliphatic rings. The van der Waals surface area contributed by atoms with E-state index >= 15 is 0 Å². The first-order valence-corrected chi connectivity index (χ1v) is 7.70. The van der Waals surface area contributed by atoms with Crippen molar-refractivity contribution >= 4 is 33.0 Å². The maximum atomic E-state index is 12.7. The summed E-state index contributed by atoms with van der Waals surface area (Å²) >= 11 is 6.01. The molecule has 1 aromatic rings. The summed E-state index contributed by atoms with van der Waals surface area (Å²) in [5, 5.41) is 2.87. The second-order valence-electron chi connectivity index (χ2n) is 4.78. The van der Waals surface area contributed by atoms with Gasteiger partial charge in [0.2, 0.25) is 5.91 Å². The number of fused-ring (bicyclic) bond motifs is 1. The highest BCUT2D eigenvalue weighted by Crippen LogP contribution is 2.48. The highest BCUT2D eigenvalue weighted by molar-refractivity contribution is 7.94. The lowest BCUT2D eigenvalue weighted by atomic mass is 10.1. The van der Waals surface area contributed by atoms with Crippen LogP contribution in [0, 0.1) is 0 Å². The largest absolute Gasteiger partial charge is 0.323 e. The number of carbonyl (C=O) groups is 1. The minimum atomic E-state index is -3.71. The Morgan fingerprint density at radius 2 is 1.89 bits per heavy atom. The van der Waals surface area contributed by atoms with E-state index in [9.17, 15) is 13.2 Å². The van der Waals surface area contributed by atoms with Gasteiger partial charge in [-0.05, 0) is 25.0 Å².